The Kier molecular flexibility index (Phi) is 9.64. The molecule has 0 radical (unpaired) electrons. The standard InChI is InChI=1S/C9H9O2.CHF3O3S.Zn/c1-2-11-9(10)8-6-4-3-5-7-8;2-1(3,4)8(5,6)7;/h4-7H,2H2,1H3;(H,5,6,7);/q-1;;. The molecule has 0 fully saturated rings. The molecule has 1 rings (SSSR count). The number of esters is 1. The van der Waals surface area contributed by atoms with E-state index in [1.165, 1.54) is 0 Å². The molecule has 1 aromatic carbocycles. The Bertz CT molecular complexity index is 501. The Balaban J connectivity index is 0. The molecule has 20 heavy (non-hydrogen) atoms. The SMILES string of the molecule is CCOC(=O)c1cc[c-]cc1.O=S(=O)(O)C(F)(F)F.[Zn]. The molecule has 5 nitrogen and oxygen atoms in total. The second kappa shape index (κ2) is 9.04. The molecule has 0 aromatic heterocycles. The van der Waals surface area contributed by atoms with Crippen molar-refractivity contribution in [2.45, 2.75) is 12.4 Å². The molecule has 0 aliphatic carbocycles. The van der Waals surface area contributed by atoms with Crippen LogP contribution in [0.4, 0.5) is 13.2 Å². The van der Waals surface area contributed by atoms with Crippen molar-refractivity contribution in [2.24, 2.45) is 0 Å². The molecule has 0 saturated heterocycles. The first-order chi connectivity index (χ1) is 8.59. The summed E-state index contributed by atoms with van der Waals surface area (Å²) < 4.78 is 62.3. The van der Waals surface area contributed by atoms with Crippen molar-refractivity contribution >= 4 is 16.1 Å². The Morgan fingerprint density at radius 1 is 1.35 bits per heavy atom. The van der Waals surface area contributed by atoms with Crippen LogP contribution in [-0.4, -0.2) is 31.1 Å². The number of carbonyl (C=O) groups excluding carboxylic acids is 1. The van der Waals surface area contributed by atoms with Gasteiger partial charge in [-0.1, -0.05) is 0 Å². The van der Waals surface area contributed by atoms with Gasteiger partial charge >= 0.3 is 21.6 Å². The summed E-state index contributed by atoms with van der Waals surface area (Å²) in [6, 6.07) is 9.55. The van der Waals surface area contributed by atoms with Gasteiger partial charge < -0.3 is 4.74 Å². The molecular weight excluding hydrogens is 355 g/mol. The third kappa shape index (κ3) is 8.24. The molecule has 0 spiro atoms. The van der Waals surface area contributed by atoms with Crippen LogP contribution < -0.4 is 0 Å². The van der Waals surface area contributed by atoms with Crippen LogP contribution in [0.3, 0.4) is 0 Å². The summed E-state index contributed by atoms with van der Waals surface area (Å²) in [6.07, 6.45) is 0. The number of halogens is 3. The van der Waals surface area contributed by atoms with E-state index in [0.29, 0.717) is 12.2 Å². The van der Waals surface area contributed by atoms with Crippen LogP contribution in [0.5, 0.6) is 0 Å². The van der Waals surface area contributed by atoms with Crippen LogP contribution in [-0.2, 0) is 34.3 Å². The van der Waals surface area contributed by atoms with Crippen molar-refractivity contribution in [3.8, 4) is 0 Å². The van der Waals surface area contributed by atoms with Gasteiger partial charge in [0.05, 0.1) is 6.61 Å². The first-order valence-electron chi connectivity index (χ1n) is 4.76. The minimum atomic E-state index is -5.84. The van der Waals surface area contributed by atoms with E-state index in [-0.39, 0.29) is 25.4 Å². The molecule has 1 aromatic rings. The fourth-order valence-electron chi connectivity index (χ4n) is 0.737. The first-order valence-corrected chi connectivity index (χ1v) is 6.20. The van der Waals surface area contributed by atoms with Gasteiger partial charge in [0, 0.05) is 19.5 Å². The fraction of sp³-hybridized carbons (Fsp3) is 0.300. The number of hydrogen-bond donors (Lipinski definition) is 1. The molecule has 0 aliphatic heterocycles. The Morgan fingerprint density at radius 3 is 2.05 bits per heavy atom. The minimum absolute atomic E-state index is 0. The number of benzene rings is 1. The second-order valence-corrected chi connectivity index (χ2v) is 4.34. The zero-order valence-electron chi connectivity index (χ0n) is 10.3. The summed E-state index contributed by atoms with van der Waals surface area (Å²) in [4.78, 5) is 11.0. The maximum Gasteiger partial charge on any atom is 0.522 e. The van der Waals surface area contributed by atoms with Crippen LogP contribution >= 0.6 is 0 Å². The Hall–Kier alpha value is -0.987. The molecule has 10 heteroatoms. The van der Waals surface area contributed by atoms with Gasteiger partial charge in [-0.3, -0.25) is 4.55 Å². The van der Waals surface area contributed by atoms with E-state index in [4.69, 9.17) is 17.7 Å². The molecule has 0 saturated carbocycles. The van der Waals surface area contributed by atoms with Crippen molar-refractivity contribution < 1.29 is 55.2 Å². The van der Waals surface area contributed by atoms with Crippen LogP contribution in [0.15, 0.2) is 24.3 Å². The summed E-state index contributed by atoms with van der Waals surface area (Å²) in [5.74, 6) is -0.276. The molecule has 0 bridgehead atoms. The van der Waals surface area contributed by atoms with E-state index in [1.807, 2.05) is 0 Å². The van der Waals surface area contributed by atoms with Crippen molar-refractivity contribution in [1.82, 2.24) is 0 Å². The maximum atomic E-state index is 11.0. The number of hydrogen-bond acceptors (Lipinski definition) is 4. The van der Waals surface area contributed by atoms with E-state index in [2.05, 4.69) is 6.07 Å². The Labute approximate surface area is 126 Å². The summed E-state index contributed by atoms with van der Waals surface area (Å²) in [6.45, 7) is 2.20. The fourth-order valence-corrected chi connectivity index (χ4v) is 0.737. The summed E-state index contributed by atoms with van der Waals surface area (Å²) >= 11 is 0. The van der Waals surface area contributed by atoms with Crippen molar-refractivity contribution in [1.29, 1.82) is 0 Å². The zero-order chi connectivity index (χ0) is 15.1. The predicted octanol–water partition coefficient (Wildman–Crippen LogP) is 2.05. The van der Waals surface area contributed by atoms with E-state index in [1.54, 1.807) is 31.2 Å². The summed E-state index contributed by atoms with van der Waals surface area (Å²) in [7, 11) is -5.84. The van der Waals surface area contributed by atoms with Crippen LogP contribution in [0.2, 0.25) is 0 Å². The van der Waals surface area contributed by atoms with E-state index >= 15 is 0 Å². The molecule has 0 atom stereocenters. The smallest absolute Gasteiger partial charge is 0.464 e. The number of alkyl halides is 3. The predicted molar refractivity (Wildman–Crippen MR) is 58.8 cm³/mol. The van der Waals surface area contributed by atoms with E-state index in [9.17, 15) is 18.0 Å². The first kappa shape index (κ1) is 21.3. The van der Waals surface area contributed by atoms with Gasteiger partial charge in [-0.05, 0) is 12.5 Å². The molecular formula is C10H10F3O5SZn-. The van der Waals surface area contributed by atoms with Crippen molar-refractivity contribution in [3.63, 3.8) is 0 Å². The molecule has 0 unspecified atom stereocenters. The van der Waals surface area contributed by atoms with Gasteiger partial charge in [-0.25, -0.2) is 4.79 Å². The molecule has 0 aliphatic rings. The van der Waals surface area contributed by atoms with Crippen molar-refractivity contribution in [2.75, 3.05) is 6.61 Å². The molecule has 110 valence electrons. The van der Waals surface area contributed by atoms with E-state index < -0.39 is 15.6 Å². The van der Waals surface area contributed by atoms with Crippen LogP contribution in [0.1, 0.15) is 17.3 Å². The Morgan fingerprint density at radius 2 is 1.75 bits per heavy atom. The van der Waals surface area contributed by atoms with Gasteiger partial charge in [0.25, 0.3) is 0 Å². The van der Waals surface area contributed by atoms with Crippen molar-refractivity contribution in [3.05, 3.63) is 35.9 Å². The summed E-state index contributed by atoms with van der Waals surface area (Å²) in [5, 5.41) is 0. The average Bonchev–Trinajstić information content (AvgIpc) is 2.29. The second-order valence-electron chi connectivity index (χ2n) is 2.93. The minimum Gasteiger partial charge on any atom is -0.464 e. The third-order valence-corrected chi connectivity index (χ3v) is 2.11. The topological polar surface area (TPSA) is 80.7 Å². The third-order valence-electron chi connectivity index (χ3n) is 1.52. The maximum absolute atomic E-state index is 11.0. The van der Waals surface area contributed by atoms with Crippen LogP contribution in [0.25, 0.3) is 0 Å². The van der Waals surface area contributed by atoms with Gasteiger partial charge in [0.15, 0.2) is 0 Å². The van der Waals surface area contributed by atoms with Gasteiger partial charge in [0.1, 0.15) is 0 Å². The molecule has 0 amide bonds. The van der Waals surface area contributed by atoms with Gasteiger partial charge in [-0.15, -0.1) is 0 Å². The summed E-state index contributed by atoms with van der Waals surface area (Å²) in [5.41, 5.74) is -4.96. The van der Waals surface area contributed by atoms with E-state index in [0.717, 1.165) is 0 Å². The number of ether oxygens (including phenoxy) is 1. The normalized spacial score (nSPS) is 10.7. The quantitative estimate of drug-likeness (QED) is 0.286. The number of carbonyl (C=O) groups is 1. The molecule has 1 N–H and O–H groups in total. The zero-order valence-corrected chi connectivity index (χ0v) is 14.1. The largest absolute Gasteiger partial charge is 0.522 e. The van der Waals surface area contributed by atoms with Gasteiger partial charge in [-0.2, -0.15) is 51.9 Å². The number of rotatable bonds is 2. The average molecular weight is 365 g/mol. The van der Waals surface area contributed by atoms with Gasteiger partial charge in [0.2, 0.25) is 0 Å². The van der Waals surface area contributed by atoms with Crippen LogP contribution in [0, 0.1) is 6.07 Å². The monoisotopic (exact) mass is 363 g/mol. The molecule has 0 heterocycles.